The zero-order valence-electron chi connectivity index (χ0n) is 7.76. The van der Waals surface area contributed by atoms with E-state index in [0.29, 0.717) is 6.54 Å². The van der Waals surface area contributed by atoms with E-state index in [-0.39, 0.29) is 5.78 Å². The molecule has 13 heavy (non-hydrogen) atoms. The number of benzene rings is 1. The van der Waals surface area contributed by atoms with Gasteiger partial charge in [0.2, 0.25) is 0 Å². The van der Waals surface area contributed by atoms with Crippen molar-refractivity contribution in [2.75, 3.05) is 13.1 Å². The van der Waals surface area contributed by atoms with Crippen molar-refractivity contribution in [3.63, 3.8) is 0 Å². The van der Waals surface area contributed by atoms with Crippen LogP contribution in [0.15, 0.2) is 18.2 Å². The highest BCUT2D eigenvalue weighted by molar-refractivity contribution is 5.99. The Hall–Kier alpha value is -1.15. The lowest BCUT2D eigenvalue weighted by Gasteiger charge is -2.04. The van der Waals surface area contributed by atoms with Gasteiger partial charge in [0.1, 0.15) is 0 Å². The van der Waals surface area contributed by atoms with E-state index in [4.69, 9.17) is 0 Å². The van der Waals surface area contributed by atoms with Gasteiger partial charge in [0.05, 0.1) is 6.54 Å². The first-order valence-electron chi connectivity index (χ1n) is 4.61. The van der Waals surface area contributed by atoms with Crippen molar-refractivity contribution in [3.05, 3.63) is 34.9 Å². The average Bonchev–Trinajstić information content (AvgIpc) is 2.28. The Morgan fingerprint density at radius 3 is 3.08 bits per heavy atom. The summed E-state index contributed by atoms with van der Waals surface area (Å²) in [5.74, 6) is 0.215. The topological polar surface area (TPSA) is 29.1 Å². The van der Waals surface area contributed by atoms with Crippen LogP contribution >= 0.6 is 0 Å². The molecule has 0 saturated carbocycles. The van der Waals surface area contributed by atoms with E-state index in [1.807, 2.05) is 12.1 Å². The summed E-state index contributed by atoms with van der Waals surface area (Å²) in [6.07, 6.45) is 0.961. The second-order valence-corrected chi connectivity index (χ2v) is 3.51. The Bertz CT molecular complexity index is 344. The molecule has 0 unspecified atom stereocenters. The third kappa shape index (κ3) is 1.63. The summed E-state index contributed by atoms with van der Waals surface area (Å²) >= 11 is 0. The van der Waals surface area contributed by atoms with Crippen molar-refractivity contribution < 1.29 is 4.79 Å². The summed E-state index contributed by atoms with van der Waals surface area (Å²) in [6, 6.07) is 6.06. The van der Waals surface area contributed by atoms with E-state index < -0.39 is 0 Å². The molecule has 1 N–H and O–H groups in total. The summed E-state index contributed by atoms with van der Waals surface area (Å²) in [5, 5.41) is 3.11. The molecule has 68 valence electrons. The fourth-order valence-electron chi connectivity index (χ4n) is 1.72. The molecule has 0 saturated heterocycles. The van der Waals surface area contributed by atoms with Crippen LogP contribution in [0.2, 0.25) is 0 Å². The first-order valence-corrected chi connectivity index (χ1v) is 4.61. The van der Waals surface area contributed by atoms with Gasteiger partial charge in [-0.05, 0) is 25.5 Å². The first-order chi connectivity index (χ1) is 6.27. The number of rotatable bonds is 0. The lowest BCUT2D eigenvalue weighted by atomic mass is 10.00. The molecular weight excluding hydrogens is 162 g/mol. The Morgan fingerprint density at radius 1 is 1.38 bits per heavy atom. The van der Waals surface area contributed by atoms with E-state index in [1.165, 1.54) is 11.1 Å². The SMILES string of the molecule is Cc1ccc2c(c1)CCNCC2=O. The maximum Gasteiger partial charge on any atom is 0.176 e. The van der Waals surface area contributed by atoms with Crippen molar-refractivity contribution in [2.45, 2.75) is 13.3 Å². The second kappa shape index (κ2) is 3.30. The number of ketones is 1. The van der Waals surface area contributed by atoms with Crippen LogP contribution in [-0.4, -0.2) is 18.9 Å². The zero-order valence-corrected chi connectivity index (χ0v) is 7.76. The molecule has 0 radical (unpaired) electrons. The number of fused-ring (bicyclic) bond motifs is 1. The maximum absolute atomic E-state index is 11.6. The number of carbonyl (C=O) groups is 1. The minimum atomic E-state index is 0.215. The zero-order chi connectivity index (χ0) is 9.26. The van der Waals surface area contributed by atoms with Gasteiger partial charge in [0, 0.05) is 5.56 Å². The summed E-state index contributed by atoms with van der Waals surface area (Å²) in [4.78, 5) is 11.6. The van der Waals surface area contributed by atoms with Gasteiger partial charge in [-0.1, -0.05) is 23.8 Å². The van der Waals surface area contributed by atoms with Gasteiger partial charge in [-0.2, -0.15) is 0 Å². The second-order valence-electron chi connectivity index (χ2n) is 3.51. The Kier molecular flexibility index (Phi) is 2.15. The highest BCUT2D eigenvalue weighted by Gasteiger charge is 2.13. The van der Waals surface area contributed by atoms with Crippen LogP contribution in [0.4, 0.5) is 0 Å². The van der Waals surface area contributed by atoms with E-state index in [9.17, 15) is 4.79 Å². The molecule has 1 aliphatic heterocycles. The van der Waals surface area contributed by atoms with Gasteiger partial charge in [0.25, 0.3) is 0 Å². The van der Waals surface area contributed by atoms with Gasteiger partial charge in [-0.15, -0.1) is 0 Å². The smallest absolute Gasteiger partial charge is 0.176 e. The standard InChI is InChI=1S/C11H13NO/c1-8-2-3-10-9(6-8)4-5-12-7-11(10)13/h2-3,6,12H,4-5,7H2,1H3. The molecule has 0 spiro atoms. The minimum absolute atomic E-state index is 0.215. The molecule has 2 heteroatoms. The van der Waals surface area contributed by atoms with Crippen LogP contribution < -0.4 is 5.32 Å². The number of hydrogen-bond donors (Lipinski definition) is 1. The molecule has 1 heterocycles. The summed E-state index contributed by atoms with van der Waals surface area (Å²) in [6.45, 7) is 3.45. The summed E-state index contributed by atoms with van der Waals surface area (Å²) in [5.41, 5.74) is 3.32. The minimum Gasteiger partial charge on any atom is -0.309 e. The van der Waals surface area contributed by atoms with Crippen LogP contribution in [0, 0.1) is 6.92 Å². The molecule has 2 rings (SSSR count). The van der Waals surface area contributed by atoms with Crippen molar-refractivity contribution in [1.29, 1.82) is 0 Å². The van der Waals surface area contributed by atoms with Gasteiger partial charge in [-0.25, -0.2) is 0 Å². The van der Waals surface area contributed by atoms with Gasteiger partial charge in [0.15, 0.2) is 5.78 Å². The quantitative estimate of drug-likeness (QED) is 0.644. The molecule has 1 aromatic carbocycles. The molecule has 1 aromatic rings. The number of hydrogen-bond acceptors (Lipinski definition) is 2. The molecule has 0 bridgehead atoms. The average molecular weight is 175 g/mol. The Labute approximate surface area is 78.0 Å². The monoisotopic (exact) mass is 175 g/mol. The first kappa shape index (κ1) is 8.45. The lowest BCUT2D eigenvalue weighted by molar-refractivity contribution is 0.0994. The number of nitrogens with one attached hydrogen (secondary N) is 1. The van der Waals surface area contributed by atoms with Crippen LogP contribution in [0.1, 0.15) is 21.5 Å². The van der Waals surface area contributed by atoms with E-state index in [2.05, 4.69) is 18.3 Å². The fraction of sp³-hybridized carbons (Fsp3) is 0.364. The normalized spacial score (nSPS) is 16.5. The third-order valence-electron chi connectivity index (χ3n) is 2.42. The molecule has 0 fully saturated rings. The van der Waals surface area contributed by atoms with Gasteiger partial charge >= 0.3 is 0 Å². The maximum atomic E-state index is 11.6. The van der Waals surface area contributed by atoms with Gasteiger partial charge < -0.3 is 5.32 Å². The molecule has 1 aliphatic rings. The highest BCUT2D eigenvalue weighted by atomic mass is 16.1. The van der Waals surface area contributed by atoms with Crippen molar-refractivity contribution in [3.8, 4) is 0 Å². The fourth-order valence-corrected chi connectivity index (χ4v) is 1.72. The highest BCUT2D eigenvalue weighted by Crippen LogP contribution is 2.14. The molecule has 0 aromatic heterocycles. The van der Waals surface area contributed by atoms with Crippen LogP contribution in [0.5, 0.6) is 0 Å². The molecular formula is C11H13NO. The Balaban J connectivity index is 2.48. The van der Waals surface area contributed by atoms with Crippen LogP contribution in [0.25, 0.3) is 0 Å². The number of Topliss-reactive ketones (excluding diaryl/α,β-unsaturated/α-hetero) is 1. The Morgan fingerprint density at radius 2 is 2.23 bits per heavy atom. The molecule has 2 nitrogen and oxygen atoms in total. The summed E-state index contributed by atoms with van der Waals surface area (Å²) < 4.78 is 0. The van der Waals surface area contributed by atoms with E-state index in [1.54, 1.807) is 0 Å². The summed E-state index contributed by atoms with van der Waals surface area (Å²) in [7, 11) is 0. The third-order valence-corrected chi connectivity index (χ3v) is 2.42. The predicted octanol–water partition coefficient (Wildman–Crippen LogP) is 1.32. The van der Waals surface area contributed by atoms with Crippen molar-refractivity contribution >= 4 is 5.78 Å². The van der Waals surface area contributed by atoms with Crippen LogP contribution in [0.3, 0.4) is 0 Å². The van der Waals surface area contributed by atoms with Crippen LogP contribution in [-0.2, 0) is 6.42 Å². The van der Waals surface area contributed by atoms with Crippen molar-refractivity contribution in [1.82, 2.24) is 5.32 Å². The lowest BCUT2D eigenvalue weighted by Crippen LogP contribution is -2.21. The largest absolute Gasteiger partial charge is 0.309 e. The molecule has 0 amide bonds. The van der Waals surface area contributed by atoms with Gasteiger partial charge in [-0.3, -0.25) is 4.79 Å². The predicted molar refractivity (Wildman–Crippen MR) is 52.1 cm³/mol. The van der Waals surface area contributed by atoms with E-state index in [0.717, 1.165) is 18.5 Å². The molecule has 0 atom stereocenters. The van der Waals surface area contributed by atoms with E-state index >= 15 is 0 Å². The number of carbonyl (C=O) groups excluding carboxylic acids is 1. The number of aryl methyl sites for hydroxylation is 1. The molecule has 0 aliphatic carbocycles. The van der Waals surface area contributed by atoms with Crippen molar-refractivity contribution in [2.24, 2.45) is 0 Å².